The zero-order valence-corrected chi connectivity index (χ0v) is 9.40. The van der Waals surface area contributed by atoms with Crippen LogP contribution in [0, 0.1) is 0 Å². The van der Waals surface area contributed by atoms with Crippen molar-refractivity contribution in [2.75, 3.05) is 0 Å². The second-order valence-electron chi connectivity index (χ2n) is 2.23. The summed E-state index contributed by atoms with van der Waals surface area (Å²) in [7, 11) is 0. The van der Waals surface area contributed by atoms with Gasteiger partial charge in [-0.05, 0) is 39.7 Å². The van der Waals surface area contributed by atoms with E-state index < -0.39 is 0 Å². The summed E-state index contributed by atoms with van der Waals surface area (Å²) in [5, 5.41) is 8.39. The quantitative estimate of drug-likeness (QED) is 0.752. The van der Waals surface area contributed by atoms with Crippen molar-refractivity contribution in [3.05, 3.63) is 27.4 Å². The first-order chi connectivity index (χ1) is 6.25. The largest absolute Gasteiger partial charge is 0.249 e. The first kappa shape index (κ1) is 9.05. The third-order valence-corrected chi connectivity index (χ3v) is 2.91. The van der Waals surface area contributed by atoms with Gasteiger partial charge in [-0.25, -0.2) is 4.98 Å². The molecule has 0 amide bonds. The second kappa shape index (κ2) is 3.69. The highest BCUT2D eigenvalue weighted by Gasteiger charge is 2.04. The Morgan fingerprint density at radius 2 is 2.15 bits per heavy atom. The maximum atomic E-state index is 5.66. The van der Waals surface area contributed by atoms with Gasteiger partial charge in [0, 0.05) is 11.8 Å². The van der Waals surface area contributed by atoms with E-state index in [0.717, 1.165) is 15.2 Å². The zero-order chi connectivity index (χ0) is 9.26. The Balaban J connectivity index is 2.41. The van der Waals surface area contributed by atoms with Gasteiger partial charge in [0.05, 0.1) is 0 Å². The third kappa shape index (κ3) is 2.04. The summed E-state index contributed by atoms with van der Waals surface area (Å²) in [4.78, 5) is 4.08. The predicted molar refractivity (Wildman–Crippen MR) is 55.9 cm³/mol. The lowest BCUT2D eigenvalue weighted by molar-refractivity contribution is 1.09. The molecule has 0 aromatic carbocycles. The molecule has 0 bridgehead atoms. The van der Waals surface area contributed by atoms with Gasteiger partial charge in [-0.3, -0.25) is 0 Å². The van der Waals surface area contributed by atoms with Gasteiger partial charge in [-0.1, -0.05) is 11.3 Å². The maximum Gasteiger partial charge on any atom is 0.207 e. The van der Waals surface area contributed by atoms with E-state index in [-0.39, 0.29) is 0 Å². The minimum atomic E-state index is 0.443. The molecule has 0 saturated carbocycles. The van der Waals surface area contributed by atoms with E-state index in [9.17, 15) is 0 Å². The third-order valence-electron chi connectivity index (χ3n) is 1.37. The van der Waals surface area contributed by atoms with Crippen LogP contribution in [0.4, 0.5) is 0 Å². The number of halogens is 2. The number of pyridine rings is 1. The van der Waals surface area contributed by atoms with Crippen LogP contribution in [0.25, 0.3) is 10.6 Å². The number of aromatic nitrogens is 3. The molecule has 2 rings (SSSR count). The highest BCUT2D eigenvalue weighted by atomic mass is 79.9. The van der Waals surface area contributed by atoms with Crippen molar-refractivity contribution >= 4 is 38.9 Å². The SMILES string of the molecule is Clc1nnc(-c2ccc(Br)nc2)s1. The van der Waals surface area contributed by atoms with Crippen molar-refractivity contribution in [2.24, 2.45) is 0 Å². The van der Waals surface area contributed by atoms with E-state index in [1.54, 1.807) is 6.20 Å². The van der Waals surface area contributed by atoms with Crippen LogP contribution < -0.4 is 0 Å². The molecule has 0 aliphatic carbocycles. The van der Waals surface area contributed by atoms with Crippen LogP contribution >= 0.6 is 38.9 Å². The Kier molecular flexibility index (Phi) is 2.57. The van der Waals surface area contributed by atoms with Gasteiger partial charge in [-0.2, -0.15) is 0 Å². The van der Waals surface area contributed by atoms with Crippen molar-refractivity contribution in [1.29, 1.82) is 0 Å². The van der Waals surface area contributed by atoms with Gasteiger partial charge in [0.25, 0.3) is 0 Å². The van der Waals surface area contributed by atoms with E-state index >= 15 is 0 Å². The summed E-state index contributed by atoms with van der Waals surface area (Å²) in [5.74, 6) is 0. The summed E-state index contributed by atoms with van der Waals surface area (Å²) in [6.45, 7) is 0. The standard InChI is InChI=1S/C7H3BrClN3S/c8-5-2-1-4(3-10-5)6-11-12-7(9)13-6/h1-3H. The Morgan fingerprint density at radius 3 is 2.69 bits per heavy atom. The number of hydrogen-bond donors (Lipinski definition) is 0. The number of nitrogens with zero attached hydrogens (tertiary/aromatic N) is 3. The fraction of sp³-hybridized carbons (Fsp3) is 0. The molecule has 0 spiro atoms. The van der Waals surface area contributed by atoms with Gasteiger partial charge >= 0.3 is 0 Å². The molecule has 13 heavy (non-hydrogen) atoms. The summed E-state index contributed by atoms with van der Waals surface area (Å²) in [5.41, 5.74) is 0.924. The van der Waals surface area contributed by atoms with Crippen LogP contribution in [0.5, 0.6) is 0 Å². The summed E-state index contributed by atoms with van der Waals surface area (Å²) >= 11 is 10.2. The first-order valence-corrected chi connectivity index (χ1v) is 5.35. The minimum Gasteiger partial charge on any atom is -0.249 e. The number of hydrogen-bond acceptors (Lipinski definition) is 4. The van der Waals surface area contributed by atoms with Crippen molar-refractivity contribution in [3.63, 3.8) is 0 Å². The lowest BCUT2D eigenvalue weighted by Gasteiger charge is -1.92. The molecule has 0 N–H and O–H groups in total. The number of rotatable bonds is 1. The summed E-state index contributed by atoms with van der Waals surface area (Å²) in [6, 6.07) is 3.76. The molecule has 0 atom stereocenters. The van der Waals surface area contributed by atoms with E-state index in [1.165, 1.54) is 11.3 Å². The van der Waals surface area contributed by atoms with E-state index in [2.05, 4.69) is 31.1 Å². The normalized spacial score (nSPS) is 10.3. The van der Waals surface area contributed by atoms with E-state index in [4.69, 9.17) is 11.6 Å². The molecule has 0 unspecified atom stereocenters. The maximum absolute atomic E-state index is 5.66. The van der Waals surface area contributed by atoms with Crippen molar-refractivity contribution in [1.82, 2.24) is 15.2 Å². The topological polar surface area (TPSA) is 38.7 Å². The molecule has 2 aromatic heterocycles. The molecule has 6 heteroatoms. The molecule has 0 aliphatic rings. The molecule has 0 fully saturated rings. The Hall–Kier alpha value is -0.520. The van der Waals surface area contributed by atoms with Crippen LogP contribution in [0.2, 0.25) is 4.47 Å². The van der Waals surface area contributed by atoms with Crippen LogP contribution in [-0.2, 0) is 0 Å². The van der Waals surface area contributed by atoms with Gasteiger partial charge in [0.2, 0.25) is 4.47 Å². The summed E-state index contributed by atoms with van der Waals surface area (Å²) in [6.07, 6.45) is 1.72. The van der Waals surface area contributed by atoms with Crippen LogP contribution in [0.1, 0.15) is 0 Å². The smallest absolute Gasteiger partial charge is 0.207 e. The van der Waals surface area contributed by atoms with Gasteiger partial charge in [0.15, 0.2) is 0 Å². The Morgan fingerprint density at radius 1 is 1.31 bits per heavy atom. The first-order valence-electron chi connectivity index (χ1n) is 3.36. The van der Waals surface area contributed by atoms with E-state index in [1.807, 2.05) is 12.1 Å². The van der Waals surface area contributed by atoms with Crippen molar-refractivity contribution in [3.8, 4) is 10.6 Å². The average molecular weight is 277 g/mol. The van der Waals surface area contributed by atoms with Crippen molar-refractivity contribution in [2.45, 2.75) is 0 Å². The van der Waals surface area contributed by atoms with Crippen LogP contribution in [0.15, 0.2) is 22.9 Å². The van der Waals surface area contributed by atoms with Gasteiger partial charge in [0.1, 0.15) is 9.61 Å². The highest BCUT2D eigenvalue weighted by Crippen LogP contribution is 2.25. The molecule has 0 aliphatic heterocycles. The molecule has 0 saturated heterocycles. The molecule has 0 radical (unpaired) electrons. The predicted octanol–water partition coefficient (Wildman–Crippen LogP) is 3.02. The van der Waals surface area contributed by atoms with E-state index in [0.29, 0.717) is 4.47 Å². The fourth-order valence-corrected chi connectivity index (χ4v) is 1.88. The minimum absolute atomic E-state index is 0.443. The Bertz CT molecular complexity index is 414. The Labute approximate surface area is 91.9 Å². The fourth-order valence-electron chi connectivity index (χ4n) is 0.824. The molecule has 3 nitrogen and oxygen atoms in total. The lowest BCUT2D eigenvalue weighted by atomic mass is 10.3. The van der Waals surface area contributed by atoms with Crippen molar-refractivity contribution < 1.29 is 0 Å². The molecular formula is C7H3BrClN3S. The second-order valence-corrected chi connectivity index (χ2v) is 4.60. The monoisotopic (exact) mass is 275 g/mol. The molecular weight excluding hydrogens is 274 g/mol. The van der Waals surface area contributed by atoms with Crippen LogP contribution in [0.3, 0.4) is 0 Å². The zero-order valence-electron chi connectivity index (χ0n) is 6.24. The van der Waals surface area contributed by atoms with Gasteiger partial charge in [-0.15, -0.1) is 10.2 Å². The average Bonchev–Trinajstić information content (AvgIpc) is 2.53. The highest BCUT2D eigenvalue weighted by molar-refractivity contribution is 9.10. The van der Waals surface area contributed by atoms with Crippen LogP contribution in [-0.4, -0.2) is 15.2 Å². The molecule has 2 aromatic rings. The summed E-state index contributed by atoms with van der Waals surface area (Å²) < 4.78 is 1.24. The lowest BCUT2D eigenvalue weighted by Crippen LogP contribution is -1.79. The molecule has 66 valence electrons. The van der Waals surface area contributed by atoms with Gasteiger partial charge < -0.3 is 0 Å². The molecule has 2 heterocycles.